The van der Waals surface area contributed by atoms with Gasteiger partial charge in [0.15, 0.2) is 0 Å². The predicted octanol–water partition coefficient (Wildman–Crippen LogP) is 2.91. The van der Waals surface area contributed by atoms with E-state index in [0.29, 0.717) is 0 Å². The number of nitrogens with one attached hydrogen (secondary N) is 1. The summed E-state index contributed by atoms with van der Waals surface area (Å²) in [4.78, 5) is 2.37. The van der Waals surface area contributed by atoms with Gasteiger partial charge in [0.05, 0.1) is 6.10 Å². The second-order valence-corrected chi connectivity index (χ2v) is 5.36. The zero-order valence-electron chi connectivity index (χ0n) is 12.8. The van der Waals surface area contributed by atoms with E-state index in [1.807, 2.05) is 20.9 Å². The van der Waals surface area contributed by atoms with Crippen LogP contribution in [0.4, 0.5) is 0 Å². The van der Waals surface area contributed by atoms with E-state index in [1.165, 1.54) is 18.4 Å². The molecule has 0 aromatic heterocycles. The Balaban J connectivity index is 2.31. The maximum absolute atomic E-state index is 5.65. The summed E-state index contributed by atoms with van der Waals surface area (Å²) in [5.74, 6) is 0.954. The van der Waals surface area contributed by atoms with Gasteiger partial charge in [0.2, 0.25) is 0 Å². The molecule has 1 N–H and O–H groups in total. The predicted molar refractivity (Wildman–Crippen MR) is 81.7 cm³/mol. The summed E-state index contributed by atoms with van der Waals surface area (Å²) >= 11 is 0. The van der Waals surface area contributed by atoms with E-state index in [2.05, 4.69) is 41.5 Å². The summed E-state index contributed by atoms with van der Waals surface area (Å²) in [6.45, 7) is 7.35. The molecule has 0 aliphatic heterocycles. The van der Waals surface area contributed by atoms with Gasteiger partial charge in [-0.2, -0.15) is 0 Å². The fourth-order valence-corrected chi connectivity index (χ4v) is 2.02. The van der Waals surface area contributed by atoms with Crippen LogP contribution in [-0.2, 0) is 6.54 Å². The standard InChI is InChI=1S/C16H28N2O/c1-14(2)19-16-9-7-15(8-10-16)13-18(4)12-6-5-11-17-3/h7-10,14,17H,5-6,11-13H2,1-4H3. The van der Waals surface area contributed by atoms with Gasteiger partial charge < -0.3 is 15.0 Å². The molecule has 0 saturated carbocycles. The monoisotopic (exact) mass is 264 g/mol. The molecule has 0 aliphatic carbocycles. The number of benzene rings is 1. The molecule has 0 unspecified atom stereocenters. The molecule has 0 atom stereocenters. The molecule has 1 rings (SSSR count). The largest absolute Gasteiger partial charge is 0.491 e. The first-order valence-corrected chi connectivity index (χ1v) is 7.20. The van der Waals surface area contributed by atoms with Crippen LogP contribution in [0.25, 0.3) is 0 Å². The fourth-order valence-electron chi connectivity index (χ4n) is 2.02. The smallest absolute Gasteiger partial charge is 0.119 e. The molecule has 19 heavy (non-hydrogen) atoms. The lowest BCUT2D eigenvalue weighted by atomic mass is 10.2. The second kappa shape index (κ2) is 8.94. The van der Waals surface area contributed by atoms with Gasteiger partial charge in [-0.3, -0.25) is 0 Å². The Labute approximate surface area is 118 Å². The highest BCUT2D eigenvalue weighted by Gasteiger charge is 2.02. The van der Waals surface area contributed by atoms with Crippen LogP contribution in [0.3, 0.4) is 0 Å². The zero-order chi connectivity index (χ0) is 14.1. The number of rotatable bonds is 9. The lowest BCUT2D eigenvalue weighted by Gasteiger charge is -2.17. The number of nitrogens with zero attached hydrogens (tertiary/aromatic N) is 1. The molecule has 0 saturated heterocycles. The Bertz CT molecular complexity index is 335. The summed E-state index contributed by atoms with van der Waals surface area (Å²) in [6.07, 6.45) is 2.72. The van der Waals surface area contributed by atoms with Crippen LogP contribution in [-0.4, -0.2) is 38.2 Å². The SMILES string of the molecule is CNCCCCN(C)Cc1ccc(OC(C)C)cc1. The Kier molecular flexibility index (Phi) is 7.53. The van der Waals surface area contributed by atoms with Crippen LogP contribution in [0.2, 0.25) is 0 Å². The summed E-state index contributed by atoms with van der Waals surface area (Å²) in [5, 5.41) is 3.18. The van der Waals surface area contributed by atoms with Gasteiger partial charge in [-0.25, -0.2) is 0 Å². The van der Waals surface area contributed by atoms with E-state index in [4.69, 9.17) is 4.74 Å². The summed E-state index contributed by atoms with van der Waals surface area (Å²) < 4.78 is 5.65. The minimum absolute atomic E-state index is 0.237. The van der Waals surface area contributed by atoms with Gasteiger partial charge in [-0.05, 0) is 71.6 Å². The van der Waals surface area contributed by atoms with Crippen LogP contribution in [0, 0.1) is 0 Å². The molecule has 1 aromatic rings. The van der Waals surface area contributed by atoms with Crippen LogP contribution < -0.4 is 10.1 Å². The van der Waals surface area contributed by atoms with Crippen LogP contribution in [0.1, 0.15) is 32.3 Å². The van der Waals surface area contributed by atoms with Gasteiger partial charge in [-0.1, -0.05) is 12.1 Å². The molecule has 0 amide bonds. The average Bonchev–Trinajstić information content (AvgIpc) is 2.36. The number of ether oxygens (including phenoxy) is 1. The Morgan fingerprint density at radius 3 is 2.42 bits per heavy atom. The summed E-state index contributed by atoms with van der Waals surface area (Å²) in [7, 11) is 4.18. The maximum Gasteiger partial charge on any atom is 0.119 e. The van der Waals surface area contributed by atoms with Gasteiger partial charge in [0.1, 0.15) is 5.75 Å². The first-order chi connectivity index (χ1) is 9.11. The van der Waals surface area contributed by atoms with E-state index in [1.54, 1.807) is 0 Å². The molecule has 108 valence electrons. The van der Waals surface area contributed by atoms with Crippen molar-refractivity contribution in [2.45, 2.75) is 39.3 Å². The number of hydrogen-bond donors (Lipinski definition) is 1. The molecule has 0 aliphatic rings. The van der Waals surface area contributed by atoms with Gasteiger partial charge in [-0.15, -0.1) is 0 Å². The highest BCUT2D eigenvalue weighted by atomic mass is 16.5. The molecule has 1 aromatic carbocycles. The normalized spacial score (nSPS) is 11.3. The highest BCUT2D eigenvalue weighted by Crippen LogP contribution is 2.14. The molecule has 3 heteroatoms. The van der Waals surface area contributed by atoms with E-state index in [-0.39, 0.29) is 6.10 Å². The van der Waals surface area contributed by atoms with Crippen molar-refractivity contribution in [1.29, 1.82) is 0 Å². The van der Waals surface area contributed by atoms with E-state index in [0.717, 1.165) is 25.4 Å². The van der Waals surface area contributed by atoms with E-state index in [9.17, 15) is 0 Å². The molecule has 0 fully saturated rings. The van der Waals surface area contributed by atoms with Crippen molar-refractivity contribution in [1.82, 2.24) is 10.2 Å². The molecular weight excluding hydrogens is 236 g/mol. The van der Waals surface area contributed by atoms with Crippen molar-refractivity contribution in [3.63, 3.8) is 0 Å². The topological polar surface area (TPSA) is 24.5 Å². The fraction of sp³-hybridized carbons (Fsp3) is 0.625. The van der Waals surface area contributed by atoms with Crippen molar-refractivity contribution in [2.24, 2.45) is 0 Å². The van der Waals surface area contributed by atoms with E-state index < -0.39 is 0 Å². The molecule has 0 spiro atoms. The molecular formula is C16H28N2O. The first kappa shape index (κ1) is 16.0. The van der Waals surface area contributed by atoms with Gasteiger partial charge in [0, 0.05) is 6.54 Å². The quantitative estimate of drug-likeness (QED) is 0.694. The number of unbranched alkanes of at least 4 members (excludes halogenated alkanes) is 1. The number of hydrogen-bond acceptors (Lipinski definition) is 3. The van der Waals surface area contributed by atoms with Gasteiger partial charge >= 0.3 is 0 Å². The second-order valence-electron chi connectivity index (χ2n) is 5.36. The maximum atomic E-state index is 5.65. The van der Waals surface area contributed by atoms with Crippen molar-refractivity contribution in [2.75, 3.05) is 27.2 Å². The van der Waals surface area contributed by atoms with Crippen molar-refractivity contribution >= 4 is 0 Å². The van der Waals surface area contributed by atoms with Crippen LogP contribution >= 0.6 is 0 Å². The molecule has 0 radical (unpaired) electrons. The zero-order valence-corrected chi connectivity index (χ0v) is 12.8. The Hall–Kier alpha value is -1.06. The van der Waals surface area contributed by atoms with E-state index >= 15 is 0 Å². The summed E-state index contributed by atoms with van der Waals surface area (Å²) in [5.41, 5.74) is 1.34. The lowest BCUT2D eigenvalue weighted by Crippen LogP contribution is -2.20. The van der Waals surface area contributed by atoms with Crippen molar-refractivity contribution in [3.8, 4) is 5.75 Å². The van der Waals surface area contributed by atoms with Crippen molar-refractivity contribution < 1.29 is 4.74 Å². The average molecular weight is 264 g/mol. The van der Waals surface area contributed by atoms with Crippen LogP contribution in [0.5, 0.6) is 5.75 Å². The van der Waals surface area contributed by atoms with Crippen molar-refractivity contribution in [3.05, 3.63) is 29.8 Å². The molecule has 0 heterocycles. The lowest BCUT2D eigenvalue weighted by molar-refractivity contribution is 0.242. The van der Waals surface area contributed by atoms with Crippen LogP contribution in [0.15, 0.2) is 24.3 Å². The third-order valence-corrected chi connectivity index (χ3v) is 2.96. The molecule has 0 bridgehead atoms. The molecule has 3 nitrogen and oxygen atoms in total. The summed E-state index contributed by atoms with van der Waals surface area (Å²) in [6, 6.07) is 8.43. The third kappa shape index (κ3) is 7.19. The Morgan fingerprint density at radius 2 is 1.84 bits per heavy atom. The first-order valence-electron chi connectivity index (χ1n) is 7.20. The minimum atomic E-state index is 0.237. The minimum Gasteiger partial charge on any atom is -0.491 e. The van der Waals surface area contributed by atoms with Gasteiger partial charge in [0.25, 0.3) is 0 Å². The Morgan fingerprint density at radius 1 is 1.16 bits per heavy atom. The third-order valence-electron chi connectivity index (χ3n) is 2.96. The highest BCUT2D eigenvalue weighted by molar-refractivity contribution is 5.27.